The Bertz CT molecular complexity index is 715. The van der Waals surface area contributed by atoms with Crippen LogP contribution in [0.15, 0.2) is 0 Å². The Morgan fingerprint density at radius 1 is 0.897 bits per heavy atom. The van der Waals surface area contributed by atoms with E-state index in [9.17, 15) is 52.7 Å². The van der Waals surface area contributed by atoms with Gasteiger partial charge in [0.05, 0.1) is 5.75 Å². The van der Waals surface area contributed by atoms with Crippen molar-refractivity contribution in [2.24, 2.45) is 0 Å². The van der Waals surface area contributed by atoms with Crippen LogP contribution < -0.4 is 0 Å². The van der Waals surface area contributed by atoms with Gasteiger partial charge < -0.3 is 0 Å². The monoisotopic (exact) mass is 486 g/mol. The molecule has 29 heavy (non-hydrogen) atoms. The van der Waals surface area contributed by atoms with E-state index in [1.165, 1.54) is 0 Å². The Labute approximate surface area is 162 Å². The number of rotatable bonds is 8. The summed E-state index contributed by atoms with van der Waals surface area (Å²) in [7, 11) is -10.4. The minimum atomic E-state index is -7.36. The molecule has 1 rings (SSSR count). The van der Waals surface area contributed by atoms with Crippen LogP contribution in [-0.2, 0) is 18.5 Å². The Kier molecular flexibility index (Phi) is 7.35. The maximum atomic E-state index is 13.9. The lowest BCUT2D eigenvalue weighted by atomic mass is 10.0. The molecule has 0 spiro atoms. The van der Waals surface area contributed by atoms with Gasteiger partial charge in [-0.1, -0.05) is 19.3 Å². The molecular formula is C14H19F9O4S2. The van der Waals surface area contributed by atoms with Crippen LogP contribution in [0, 0.1) is 0 Å². The molecule has 1 saturated carbocycles. The van der Waals surface area contributed by atoms with Gasteiger partial charge in [-0.15, -0.1) is 10.3 Å². The summed E-state index contributed by atoms with van der Waals surface area (Å²) in [6, 6.07) is 0. The number of hydrogen-bond donors (Lipinski definition) is 0. The van der Waals surface area contributed by atoms with Crippen molar-refractivity contribution in [1.82, 2.24) is 0 Å². The smallest absolute Gasteiger partial charge is 0.299 e. The molecule has 0 radical (unpaired) electrons. The predicted octanol–water partition coefficient (Wildman–Crippen LogP) is 5.03. The van der Waals surface area contributed by atoms with E-state index in [0.29, 0.717) is 19.3 Å². The van der Waals surface area contributed by atoms with Crippen molar-refractivity contribution in [1.29, 1.82) is 0 Å². The molecule has 0 aromatic heterocycles. The third kappa shape index (κ3) is 4.81. The van der Waals surface area contributed by atoms with Crippen molar-refractivity contribution >= 4 is 26.2 Å². The Balaban J connectivity index is 3.40. The summed E-state index contributed by atoms with van der Waals surface area (Å²) in [6.07, 6.45) is -4.21. The van der Waals surface area contributed by atoms with Crippen molar-refractivity contribution in [3.8, 4) is 0 Å². The average molecular weight is 486 g/mol. The third-order valence-electron chi connectivity index (χ3n) is 4.42. The van der Waals surface area contributed by atoms with E-state index >= 15 is 0 Å². The summed E-state index contributed by atoms with van der Waals surface area (Å²) < 4.78 is 146. The standard InChI is InChI=1S/C14H19F9O4S2/c1-9(24)8-28(2,10-6-4-3-5-7-10)27-29(25,26)14(22,23)12(17,18)11(15,16)13(19,20)21/h10H,3-8H2,1-2H3. The summed E-state index contributed by atoms with van der Waals surface area (Å²) in [5.74, 6) is -16.2. The number of ketones is 1. The second kappa shape index (κ2) is 8.09. The van der Waals surface area contributed by atoms with E-state index in [1.54, 1.807) is 0 Å². The number of alkyl halides is 9. The Morgan fingerprint density at radius 3 is 1.72 bits per heavy atom. The molecule has 1 atom stereocenters. The number of carbonyl (C=O) groups excluding carboxylic acids is 1. The van der Waals surface area contributed by atoms with Gasteiger partial charge in [-0.2, -0.15) is 47.9 Å². The second-order valence-corrected chi connectivity index (χ2v) is 11.9. The Morgan fingerprint density at radius 2 is 1.34 bits per heavy atom. The molecule has 15 heteroatoms. The highest BCUT2D eigenvalue weighted by Crippen LogP contribution is 2.61. The zero-order chi connectivity index (χ0) is 23.1. The van der Waals surface area contributed by atoms with Gasteiger partial charge in [0.2, 0.25) is 0 Å². The minimum absolute atomic E-state index is 0.190. The van der Waals surface area contributed by atoms with Gasteiger partial charge in [0.25, 0.3) is 0 Å². The van der Waals surface area contributed by atoms with E-state index < -0.39 is 60.5 Å². The van der Waals surface area contributed by atoms with Crippen molar-refractivity contribution in [2.45, 2.75) is 67.6 Å². The quantitative estimate of drug-likeness (QED) is 0.452. The summed E-state index contributed by atoms with van der Waals surface area (Å²) >= 11 is 0. The first kappa shape index (κ1) is 26.3. The normalized spacial score (nSPS) is 21.5. The van der Waals surface area contributed by atoms with Crippen LogP contribution >= 0.6 is 10.3 Å². The molecule has 0 amide bonds. The molecule has 1 aliphatic rings. The molecule has 4 nitrogen and oxygen atoms in total. The van der Waals surface area contributed by atoms with Crippen LogP contribution in [0.25, 0.3) is 0 Å². The predicted molar refractivity (Wildman–Crippen MR) is 86.8 cm³/mol. The molecule has 0 aromatic rings. The molecule has 0 saturated heterocycles. The van der Waals surface area contributed by atoms with Crippen LogP contribution in [0.5, 0.6) is 0 Å². The van der Waals surface area contributed by atoms with Crippen LogP contribution in [0.2, 0.25) is 0 Å². The van der Waals surface area contributed by atoms with Gasteiger partial charge in [-0.05, 0) is 26.0 Å². The highest BCUT2D eigenvalue weighted by molar-refractivity contribution is 8.33. The molecule has 0 aromatic carbocycles. The highest BCUT2D eigenvalue weighted by atomic mass is 32.3. The molecule has 0 heterocycles. The fraction of sp³-hybridized carbons (Fsp3) is 0.929. The lowest BCUT2D eigenvalue weighted by molar-refractivity contribution is -0.382. The van der Waals surface area contributed by atoms with Gasteiger partial charge in [0.1, 0.15) is 5.78 Å². The lowest BCUT2D eigenvalue weighted by Gasteiger charge is -2.44. The van der Waals surface area contributed by atoms with Crippen LogP contribution in [0.1, 0.15) is 39.0 Å². The van der Waals surface area contributed by atoms with Gasteiger partial charge in [-0.25, -0.2) is 3.63 Å². The zero-order valence-corrected chi connectivity index (χ0v) is 16.8. The Hall–Kier alpha value is -0.700. The zero-order valence-electron chi connectivity index (χ0n) is 15.2. The maximum Gasteiger partial charge on any atom is 0.460 e. The summed E-state index contributed by atoms with van der Waals surface area (Å²) in [5.41, 5.74) is 0. The van der Waals surface area contributed by atoms with Crippen molar-refractivity contribution in [3.63, 3.8) is 0 Å². The number of carbonyl (C=O) groups is 1. The third-order valence-corrected chi connectivity index (χ3v) is 10.1. The fourth-order valence-electron chi connectivity index (χ4n) is 2.93. The van der Waals surface area contributed by atoms with E-state index in [4.69, 9.17) is 0 Å². The average Bonchev–Trinajstić information content (AvgIpc) is 2.52. The summed E-state index contributed by atoms with van der Waals surface area (Å²) in [4.78, 5) is 11.5. The largest absolute Gasteiger partial charge is 0.460 e. The fourth-order valence-corrected chi connectivity index (χ4v) is 8.36. The van der Waals surface area contributed by atoms with E-state index in [0.717, 1.165) is 13.2 Å². The van der Waals surface area contributed by atoms with Crippen LogP contribution in [-0.4, -0.2) is 54.7 Å². The van der Waals surface area contributed by atoms with Crippen LogP contribution in [0.3, 0.4) is 0 Å². The van der Waals surface area contributed by atoms with E-state index in [-0.39, 0.29) is 12.8 Å². The van der Waals surface area contributed by atoms with Gasteiger partial charge in [-0.3, -0.25) is 4.79 Å². The highest BCUT2D eigenvalue weighted by Gasteiger charge is 2.86. The molecular weight excluding hydrogens is 467 g/mol. The number of Topliss-reactive ketones (excluding diaryl/α,β-unsaturated/α-hetero) is 1. The lowest BCUT2D eigenvalue weighted by Crippen LogP contribution is -2.63. The molecule has 0 N–H and O–H groups in total. The molecule has 174 valence electrons. The van der Waals surface area contributed by atoms with Gasteiger partial charge in [0, 0.05) is 5.25 Å². The first-order chi connectivity index (χ1) is 12.7. The van der Waals surface area contributed by atoms with Crippen molar-refractivity contribution in [3.05, 3.63) is 0 Å². The second-order valence-electron chi connectivity index (χ2n) is 6.86. The first-order valence-electron chi connectivity index (χ1n) is 8.13. The minimum Gasteiger partial charge on any atom is -0.299 e. The molecule has 0 aliphatic heterocycles. The number of hydrogen-bond acceptors (Lipinski definition) is 4. The van der Waals surface area contributed by atoms with Crippen molar-refractivity contribution in [2.75, 3.05) is 12.0 Å². The SMILES string of the molecule is CC(=O)CS(C)(OS(=O)(=O)C(F)(F)C(F)(F)C(F)(F)C(F)(F)F)C1CCCCC1. The molecule has 1 unspecified atom stereocenters. The number of halogens is 9. The summed E-state index contributed by atoms with van der Waals surface area (Å²) in [5, 5.41) is -7.74. The van der Waals surface area contributed by atoms with Crippen LogP contribution in [0.4, 0.5) is 39.5 Å². The maximum absolute atomic E-state index is 13.9. The van der Waals surface area contributed by atoms with Gasteiger partial charge in [0.15, 0.2) is 0 Å². The topological polar surface area (TPSA) is 60.4 Å². The van der Waals surface area contributed by atoms with Crippen molar-refractivity contribution < 1.29 is 56.4 Å². The first-order valence-corrected chi connectivity index (χ1v) is 11.7. The molecule has 0 bridgehead atoms. The van der Waals surface area contributed by atoms with E-state index in [2.05, 4.69) is 3.63 Å². The summed E-state index contributed by atoms with van der Waals surface area (Å²) in [6.45, 7) is 0.939. The van der Waals surface area contributed by atoms with E-state index in [1.807, 2.05) is 0 Å². The molecule has 1 aliphatic carbocycles. The van der Waals surface area contributed by atoms with Gasteiger partial charge >= 0.3 is 33.4 Å². The molecule has 1 fully saturated rings.